The summed E-state index contributed by atoms with van der Waals surface area (Å²) in [6, 6.07) is 20.6. The summed E-state index contributed by atoms with van der Waals surface area (Å²) in [6.45, 7) is 2.29. The van der Waals surface area contributed by atoms with Crippen LogP contribution in [0.2, 0.25) is 0 Å². The van der Waals surface area contributed by atoms with Crippen molar-refractivity contribution in [3.05, 3.63) is 71.3 Å². The maximum absolute atomic E-state index is 3.80. The number of hydrogen-bond donors (Lipinski definition) is 1. The van der Waals surface area contributed by atoms with Gasteiger partial charge in [0.25, 0.3) is 0 Å². The van der Waals surface area contributed by atoms with E-state index >= 15 is 0 Å². The molecule has 0 bridgehead atoms. The van der Waals surface area contributed by atoms with Gasteiger partial charge in [-0.1, -0.05) is 54.6 Å². The fourth-order valence-electron chi connectivity index (χ4n) is 2.89. The Morgan fingerprint density at radius 1 is 1.10 bits per heavy atom. The molecule has 0 aromatic heterocycles. The molecule has 2 aromatic rings. The first-order valence-electron chi connectivity index (χ1n) is 7.28. The van der Waals surface area contributed by atoms with Crippen molar-refractivity contribution in [2.75, 3.05) is 5.75 Å². The Morgan fingerprint density at radius 2 is 1.85 bits per heavy atom. The lowest BCUT2D eigenvalue weighted by Gasteiger charge is -2.29. The van der Waals surface area contributed by atoms with E-state index in [0.29, 0.717) is 12.1 Å². The van der Waals surface area contributed by atoms with Gasteiger partial charge in [-0.15, -0.1) is 0 Å². The number of nitrogens with one attached hydrogen (secondary N) is 1. The lowest BCUT2D eigenvalue weighted by Crippen LogP contribution is -2.35. The average molecular weight is 283 g/mol. The van der Waals surface area contributed by atoms with Crippen molar-refractivity contribution in [3.63, 3.8) is 0 Å². The number of benzene rings is 2. The number of rotatable bonds is 4. The van der Waals surface area contributed by atoms with Crippen molar-refractivity contribution in [2.45, 2.75) is 31.2 Å². The summed E-state index contributed by atoms with van der Waals surface area (Å²) in [5, 5.41) is 3.80. The quantitative estimate of drug-likeness (QED) is 0.902. The molecule has 0 saturated carbocycles. The Morgan fingerprint density at radius 3 is 2.70 bits per heavy atom. The molecule has 1 heterocycles. The smallest absolute Gasteiger partial charge is 0.0417 e. The number of thioether (sulfide) groups is 1. The summed E-state index contributed by atoms with van der Waals surface area (Å²) in [7, 11) is 0. The highest BCUT2D eigenvalue weighted by Gasteiger charge is 2.21. The third-order valence-corrected chi connectivity index (χ3v) is 4.93. The minimum absolute atomic E-state index is 0.490. The predicted molar refractivity (Wildman–Crippen MR) is 88.1 cm³/mol. The molecule has 0 radical (unpaired) electrons. The van der Waals surface area contributed by atoms with Gasteiger partial charge in [0.05, 0.1) is 0 Å². The third kappa shape index (κ3) is 3.25. The highest BCUT2D eigenvalue weighted by molar-refractivity contribution is 7.98. The Balaban J connectivity index is 1.66. The van der Waals surface area contributed by atoms with Gasteiger partial charge in [0.2, 0.25) is 0 Å². The minimum atomic E-state index is 0.490. The molecule has 2 aromatic carbocycles. The second-order valence-corrected chi connectivity index (χ2v) is 6.55. The van der Waals surface area contributed by atoms with Gasteiger partial charge < -0.3 is 5.32 Å². The van der Waals surface area contributed by atoms with Crippen LogP contribution in [0.4, 0.5) is 0 Å². The monoisotopic (exact) mass is 283 g/mol. The van der Waals surface area contributed by atoms with E-state index < -0.39 is 0 Å². The zero-order valence-corrected chi connectivity index (χ0v) is 12.7. The Hall–Kier alpha value is -1.25. The van der Waals surface area contributed by atoms with Crippen molar-refractivity contribution in [3.8, 4) is 0 Å². The standard InChI is InChI=1S/C18H21NS/c1-14(11-15-7-3-2-4-8-15)19-18-13-20-12-16-9-5-6-10-17(16)18/h2-10,14,18-19H,11-13H2,1H3. The van der Waals surface area contributed by atoms with Gasteiger partial charge in [0, 0.05) is 23.6 Å². The molecular formula is C18H21NS. The highest BCUT2D eigenvalue weighted by Crippen LogP contribution is 2.31. The maximum atomic E-state index is 3.80. The topological polar surface area (TPSA) is 12.0 Å². The van der Waals surface area contributed by atoms with Gasteiger partial charge in [-0.25, -0.2) is 0 Å². The minimum Gasteiger partial charge on any atom is -0.306 e. The van der Waals surface area contributed by atoms with Gasteiger partial charge in [0.15, 0.2) is 0 Å². The third-order valence-electron chi connectivity index (χ3n) is 3.84. The average Bonchev–Trinajstić information content (AvgIpc) is 2.48. The van der Waals surface area contributed by atoms with E-state index in [2.05, 4.69) is 66.8 Å². The molecule has 0 fully saturated rings. The van der Waals surface area contributed by atoms with Gasteiger partial charge in [0.1, 0.15) is 0 Å². The molecule has 2 unspecified atom stereocenters. The van der Waals surface area contributed by atoms with Gasteiger partial charge in [-0.3, -0.25) is 0 Å². The van der Waals surface area contributed by atoms with E-state index in [1.54, 1.807) is 0 Å². The summed E-state index contributed by atoms with van der Waals surface area (Å²) in [5.74, 6) is 2.33. The van der Waals surface area contributed by atoms with E-state index in [9.17, 15) is 0 Å². The molecule has 1 N–H and O–H groups in total. The largest absolute Gasteiger partial charge is 0.306 e. The number of hydrogen-bond acceptors (Lipinski definition) is 2. The van der Waals surface area contributed by atoms with Crippen LogP contribution in [0.25, 0.3) is 0 Å². The van der Waals surface area contributed by atoms with Crippen molar-refractivity contribution >= 4 is 11.8 Å². The van der Waals surface area contributed by atoms with Crippen molar-refractivity contribution in [2.24, 2.45) is 0 Å². The zero-order chi connectivity index (χ0) is 13.8. The molecule has 20 heavy (non-hydrogen) atoms. The first-order valence-corrected chi connectivity index (χ1v) is 8.44. The first kappa shape index (κ1) is 13.7. The molecule has 2 heteroatoms. The molecule has 0 amide bonds. The van der Waals surface area contributed by atoms with Crippen LogP contribution < -0.4 is 5.32 Å². The van der Waals surface area contributed by atoms with Crippen molar-refractivity contribution < 1.29 is 0 Å². The molecule has 1 aliphatic heterocycles. The maximum Gasteiger partial charge on any atom is 0.0417 e. The van der Waals surface area contributed by atoms with E-state index in [1.165, 1.54) is 22.4 Å². The first-order chi connectivity index (χ1) is 9.83. The summed E-state index contributed by atoms with van der Waals surface area (Å²) in [5.41, 5.74) is 4.39. The molecule has 1 nitrogen and oxygen atoms in total. The molecular weight excluding hydrogens is 262 g/mol. The Kier molecular flexibility index (Phi) is 4.44. The predicted octanol–water partition coefficient (Wildman–Crippen LogP) is 4.20. The summed E-state index contributed by atoms with van der Waals surface area (Å²) in [6.07, 6.45) is 1.09. The van der Waals surface area contributed by atoms with Gasteiger partial charge in [-0.05, 0) is 30.0 Å². The fraction of sp³-hybridized carbons (Fsp3) is 0.333. The molecule has 0 saturated heterocycles. The highest BCUT2D eigenvalue weighted by atomic mass is 32.2. The van der Waals surface area contributed by atoms with E-state index in [0.717, 1.165) is 12.2 Å². The molecule has 0 aliphatic carbocycles. The summed E-state index contributed by atoms with van der Waals surface area (Å²) in [4.78, 5) is 0. The molecule has 1 aliphatic rings. The van der Waals surface area contributed by atoms with Crippen LogP contribution in [0.5, 0.6) is 0 Å². The van der Waals surface area contributed by atoms with Crippen LogP contribution in [0.1, 0.15) is 29.7 Å². The number of fused-ring (bicyclic) bond motifs is 1. The molecule has 104 valence electrons. The zero-order valence-electron chi connectivity index (χ0n) is 11.9. The van der Waals surface area contributed by atoms with Crippen LogP contribution in [0.3, 0.4) is 0 Å². The normalized spacial score (nSPS) is 19.4. The van der Waals surface area contributed by atoms with Gasteiger partial charge in [-0.2, -0.15) is 11.8 Å². The second-order valence-electron chi connectivity index (χ2n) is 5.52. The van der Waals surface area contributed by atoms with Gasteiger partial charge >= 0.3 is 0 Å². The van der Waals surface area contributed by atoms with Crippen LogP contribution in [-0.4, -0.2) is 11.8 Å². The van der Waals surface area contributed by atoms with Crippen molar-refractivity contribution in [1.82, 2.24) is 5.32 Å². The van der Waals surface area contributed by atoms with Crippen LogP contribution in [-0.2, 0) is 12.2 Å². The fourth-order valence-corrected chi connectivity index (χ4v) is 4.00. The summed E-state index contributed by atoms with van der Waals surface area (Å²) < 4.78 is 0. The lowest BCUT2D eigenvalue weighted by atomic mass is 10.00. The molecule has 3 rings (SSSR count). The molecule has 0 spiro atoms. The van der Waals surface area contributed by atoms with Crippen LogP contribution in [0, 0.1) is 0 Å². The van der Waals surface area contributed by atoms with E-state index in [-0.39, 0.29) is 0 Å². The van der Waals surface area contributed by atoms with E-state index in [1.807, 2.05) is 11.8 Å². The Labute approximate surface area is 125 Å². The molecule has 2 atom stereocenters. The van der Waals surface area contributed by atoms with E-state index in [4.69, 9.17) is 0 Å². The van der Waals surface area contributed by atoms with Crippen LogP contribution in [0.15, 0.2) is 54.6 Å². The van der Waals surface area contributed by atoms with Crippen LogP contribution >= 0.6 is 11.8 Å². The van der Waals surface area contributed by atoms with Crippen molar-refractivity contribution in [1.29, 1.82) is 0 Å². The lowest BCUT2D eigenvalue weighted by molar-refractivity contribution is 0.478. The second kappa shape index (κ2) is 6.47. The summed E-state index contributed by atoms with van der Waals surface area (Å²) >= 11 is 2.03. The Bertz CT molecular complexity index is 552. The SMILES string of the molecule is CC(Cc1ccccc1)NC1CSCc2ccccc21.